The molecule has 2 N–H and O–H groups in total. The van der Waals surface area contributed by atoms with Gasteiger partial charge in [-0.05, 0) is 18.6 Å². The molecule has 0 aliphatic rings. The molecular weight excluding hydrogens is 310 g/mol. The van der Waals surface area contributed by atoms with Gasteiger partial charge >= 0.3 is 0 Å². The molecule has 7 heteroatoms. The van der Waals surface area contributed by atoms with E-state index in [4.69, 9.17) is 4.52 Å². The van der Waals surface area contributed by atoms with E-state index in [1.165, 1.54) is 9.75 Å². The molecule has 0 saturated heterocycles. The van der Waals surface area contributed by atoms with Crippen LogP contribution in [0.25, 0.3) is 0 Å². The van der Waals surface area contributed by atoms with Crippen molar-refractivity contribution in [2.45, 2.75) is 52.6 Å². The van der Waals surface area contributed by atoms with Gasteiger partial charge in [-0.3, -0.25) is 4.99 Å². The zero-order chi connectivity index (χ0) is 16.9. The Morgan fingerprint density at radius 3 is 2.48 bits per heavy atom. The second-order valence-electron chi connectivity index (χ2n) is 6.27. The highest BCUT2D eigenvalue weighted by molar-refractivity contribution is 7.11. The number of aryl methyl sites for hydroxylation is 1. The largest absolute Gasteiger partial charge is 0.352 e. The second-order valence-corrected chi connectivity index (χ2v) is 7.52. The fourth-order valence-electron chi connectivity index (χ4n) is 1.89. The first-order valence-electron chi connectivity index (χ1n) is 7.77. The molecule has 2 heterocycles. The molecule has 2 aromatic heterocycles. The fraction of sp³-hybridized carbons (Fsp3) is 0.562. The molecule has 0 radical (unpaired) electrons. The summed E-state index contributed by atoms with van der Waals surface area (Å²) in [6.45, 7) is 9.53. The average molecular weight is 335 g/mol. The van der Waals surface area contributed by atoms with Crippen molar-refractivity contribution in [3.05, 3.63) is 33.6 Å². The van der Waals surface area contributed by atoms with Crippen molar-refractivity contribution < 1.29 is 4.52 Å². The lowest BCUT2D eigenvalue weighted by Crippen LogP contribution is -2.36. The summed E-state index contributed by atoms with van der Waals surface area (Å²) in [7, 11) is 1.75. The van der Waals surface area contributed by atoms with Crippen molar-refractivity contribution in [2.24, 2.45) is 4.99 Å². The van der Waals surface area contributed by atoms with E-state index in [0.717, 1.165) is 18.9 Å². The van der Waals surface area contributed by atoms with Crippen LogP contribution in [0.1, 0.15) is 49.2 Å². The van der Waals surface area contributed by atoms with Gasteiger partial charge in [0, 0.05) is 22.2 Å². The molecule has 0 amide bonds. The van der Waals surface area contributed by atoms with E-state index in [1.807, 2.05) is 32.1 Å². The van der Waals surface area contributed by atoms with Gasteiger partial charge < -0.3 is 15.2 Å². The lowest BCUT2D eigenvalue weighted by atomic mass is 9.97. The first kappa shape index (κ1) is 17.5. The number of guanidine groups is 1. The van der Waals surface area contributed by atoms with Gasteiger partial charge in [-0.25, -0.2) is 0 Å². The lowest BCUT2D eigenvalue weighted by Gasteiger charge is -2.11. The summed E-state index contributed by atoms with van der Waals surface area (Å²) >= 11 is 1.82. The predicted octanol–water partition coefficient (Wildman–Crippen LogP) is 2.86. The zero-order valence-corrected chi connectivity index (χ0v) is 15.3. The van der Waals surface area contributed by atoms with Crippen molar-refractivity contribution in [3.63, 3.8) is 0 Å². The Hall–Kier alpha value is -1.89. The number of hydrogen-bond donors (Lipinski definition) is 2. The average Bonchev–Trinajstić information content (AvgIpc) is 3.15. The Kier molecular flexibility index (Phi) is 5.76. The van der Waals surface area contributed by atoms with Crippen LogP contribution in [0, 0.1) is 0 Å². The number of aliphatic imine (C=N–C) groups is 1. The van der Waals surface area contributed by atoms with E-state index in [1.54, 1.807) is 7.05 Å². The fourth-order valence-corrected chi connectivity index (χ4v) is 2.79. The van der Waals surface area contributed by atoms with E-state index >= 15 is 0 Å². The third-order valence-electron chi connectivity index (χ3n) is 3.24. The molecule has 0 aliphatic carbocycles. The van der Waals surface area contributed by atoms with Gasteiger partial charge in [0.25, 0.3) is 0 Å². The topological polar surface area (TPSA) is 75.3 Å². The van der Waals surface area contributed by atoms with E-state index in [9.17, 15) is 0 Å². The Morgan fingerprint density at radius 1 is 1.22 bits per heavy atom. The Bertz CT molecular complexity index is 653. The molecular formula is C16H25N5OS. The van der Waals surface area contributed by atoms with Gasteiger partial charge in [-0.15, -0.1) is 11.3 Å². The first-order chi connectivity index (χ1) is 10.9. The lowest BCUT2D eigenvalue weighted by molar-refractivity contribution is 0.318. The minimum atomic E-state index is -0.138. The van der Waals surface area contributed by atoms with Gasteiger partial charge in [-0.2, -0.15) is 4.98 Å². The molecule has 23 heavy (non-hydrogen) atoms. The summed E-state index contributed by atoms with van der Waals surface area (Å²) in [5.41, 5.74) is -0.138. The molecule has 0 atom stereocenters. The molecule has 0 aromatic carbocycles. The van der Waals surface area contributed by atoms with Crippen molar-refractivity contribution in [2.75, 3.05) is 7.05 Å². The number of rotatable bonds is 5. The maximum Gasteiger partial charge on any atom is 0.232 e. The summed E-state index contributed by atoms with van der Waals surface area (Å²) in [6.07, 6.45) is 1.07. The SMILES string of the molecule is CCc1ccc(CNC(=NC)NCc2noc(C(C)(C)C)n2)s1. The summed E-state index contributed by atoms with van der Waals surface area (Å²) in [6, 6.07) is 4.32. The number of hydrogen-bond acceptors (Lipinski definition) is 5. The molecule has 0 aliphatic heterocycles. The molecule has 2 rings (SSSR count). The van der Waals surface area contributed by atoms with Gasteiger partial charge in [0.15, 0.2) is 11.8 Å². The molecule has 0 unspecified atom stereocenters. The highest BCUT2D eigenvalue weighted by atomic mass is 32.1. The Morgan fingerprint density at radius 2 is 1.91 bits per heavy atom. The molecule has 0 fully saturated rings. The first-order valence-corrected chi connectivity index (χ1v) is 8.59. The monoisotopic (exact) mass is 335 g/mol. The van der Waals surface area contributed by atoms with E-state index in [0.29, 0.717) is 18.3 Å². The minimum Gasteiger partial charge on any atom is -0.352 e. The van der Waals surface area contributed by atoms with Gasteiger partial charge in [-0.1, -0.05) is 32.9 Å². The van der Waals surface area contributed by atoms with E-state index in [-0.39, 0.29) is 5.41 Å². The number of nitrogens with zero attached hydrogens (tertiary/aromatic N) is 3. The number of thiophene rings is 1. The smallest absolute Gasteiger partial charge is 0.232 e. The zero-order valence-electron chi connectivity index (χ0n) is 14.4. The van der Waals surface area contributed by atoms with Gasteiger partial charge in [0.05, 0.1) is 13.1 Å². The van der Waals surface area contributed by atoms with Crippen LogP contribution in [0.3, 0.4) is 0 Å². The van der Waals surface area contributed by atoms with E-state index in [2.05, 4.69) is 44.8 Å². The van der Waals surface area contributed by atoms with Crippen LogP contribution in [0.15, 0.2) is 21.6 Å². The number of aromatic nitrogens is 2. The highest BCUT2D eigenvalue weighted by Gasteiger charge is 2.21. The second kappa shape index (κ2) is 7.59. The van der Waals surface area contributed by atoms with Crippen LogP contribution < -0.4 is 10.6 Å². The summed E-state index contributed by atoms with van der Waals surface area (Å²) in [4.78, 5) is 11.3. The Labute approximate surface area is 141 Å². The third-order valence-corrected chi connectivity index (χ3v) is 4.47. The maximum absolute atomic E-state index is 5.28. The Balaban J connectivity index is 1.84. The van der Waals surface area contributed by atoms with Crippen LogP contribution >= 0.6 is 11.3 Å². The van der Waals surface area contributed by atoms with Crippen LogP contribution in [-0.2, 0) is 24.9 Å². The number of nitrogens with one attached hydrogen (secondary N) is 2. The van der Waals surface area contributed by atoms with Crippen molar-refractivity contribution >= 4 is 17.3 Å². The third kappa shape index (κ3) is 5.06. The van der Waals surface area contributed by atoms with Crippen molar-refractivity contribution in [1.82, 2.24) is 20.8 Å². The van der Waals surface area contributed by atoms with Crippen molar-refractivity contribution in [1.29, 1.82) is 0 Å². The maximum atomic E-state index is 5.28. The van der Waals surface area contributed by atoms with Crippen LogP contribution in [-0.4, -0.2) is 23.1 Å². The van der Waals surface area contributed by atoms with Gasteiger partial charge in [0.1, 0.15) is 0 Å². The molecule has 0 spiro atoms. The standard InChI is InChI=1S/C16H25N5OS/c1-6-11-7-8-12(23-11)9-18-15(17-5)19-10-13-20-14(22-21-13)16(2,3)4/h7-8H,6,9-10H2,1-5H3,(H2,17,18,19). The van der Waals surface area contributed by atoms with Crippen LogP contribution in [0.5, 0.6) is 0 Å². The van der Waals surface area contributed by atoms with Crippen molar-refractivity contribution in [3.8, 4) is 0 Å². The van der Waals surface area contributed by atoms with Crippen LogP contribution in [0.4, 0.5) is 0 Å². The highest BCUT2D eigenvalue weighted by Crippen LogP contribution is 2.19. The normalized spacial score (nSPS) is 12.5. The molecule has 0 bridgehead atoms. The summed E-state index contributed by atoms with van der Waals surface area (Å²) < 4.78 is 5.28. The molecule has 0 saturated carbocycles. The summed E-state index contributed by atoms with van der Waals surface area (Å²) in [5, 5.41) is 10.5. The predicted molar refractivity (Wildman–Crippen MR) is 93.7 cm³/mol. The molecule has 6 nitrogen and oxygen atoms in total. The van der Waals surface area contributed by atoms with E-state index < -0.39 is 0 Å². The minimum absolute atomic E-state index is 0.138. The van der Waals surface area contributed by atoms with Gasteiger partial charge in [0.2, 0.25) is 5.89 Å². The van der Waals surface area contributed by atoms with Crippen LogP contribution in [0.2, 0.25) is 0 Å². The molecule has 2 aromatic rings. The quantitative estimate of drug-likeness (QED) is 0.649. The summed E-state index contributed by atoms with van der Waals surface area (Å²) in [5.74, 6) is 1.99. The molecule has 126 valence electrons.